The summed E-state index contributed by atoms with van der Waals surface area (Å²) in [6, 6.07) is 10.2. The van der Waals surface area contributed by atoms with Crippen LogP contribution in [0.2, 0.25) is 0 Å². The number of aromatic nitrogens is 4. The van der Waals surface area contributed by atoms with Gasteiger partial charge in [-0.3, -0.25) is 4.98 Å². The molecule has 3 aromatic heterocycles. The minimum Gasteiger partial charge on any atom is -0.399 e. The number of aryl methyl sites for hydroxylation is 1. The highest BCUT2D eigenvalue weighted by Gasteiger charge is 2.11. The van der Waals surface area contributed by atoms with E-state index < -0.39 is 5.82 Å². The fourth-order valence-electron chi connectivity index (χ4n) is 2.66. The zero-order valence-corrected chi connectivity index (χ0v) is 12.9. The van der Waals surface area contributed by atoms with Gasteiger partial charge in [-0.1, -0.05) is 6.07 Å². The quantitative estimate of drug-likeness (QED) is 0.574. The Bertz CT molecular complexity index is 1050. The molecule has 0 atom stereocenters. The Morgan fingerprint density at radius 3 is 2.83 bits per heavy atom. The molecule has 4 rings (SSSR count). The molecule has 1 aromatic carbocycles. The van der Waals surface area contributed by atoms with Gasteiger partial charge in [-0.05, 0) is 42.8 Å². The molecular weight excluding hydrogens is 305 g/mol. The first-order valence-electron chi connectivity index (χ1n) is 7.44. The van der Waals surface area contributed by atoms with Gasteiger partial charge in [0.1, 0.15) is 11.5 Å². The van der Waals surface area contributed by atoms with Crippen LogP contribution in [0.25, 0.3) is 28.0 Å². The molecule has 0 unspecified atom stereocenters. The molecule has 4 aromatic rings. The van der Waals surface area contributed by atoms with Crippen molar-refractivity contribution in [2.24, 2.45) is 0 Å². The molecule has 0 saturated carbocycles. The zero-order chi connectivity index (χ0) is 16.7. The van der Waals surface area contributed by atoms with Crippen LogP contribution in [0, 0.1) is 12.7 Å². The normalized spacial score (nSPS) is 11.1. The molecule has 0 saturated heterocycles. The molecule has 3 heterocycles. The Labute approximate surface area is 137 Å². The molecule has 0 aliphatic rings. The monoisotopic (exact) mass is 319 g/mol. The van der Waals surface area contributed by atoms with Crippen molar-refractivity contribution in [3.63, 3.8) is 0 Å². The molecule has 2 N–H and O–H groups in total. The smallest absolute Gasteiger partial charge is 0.181 e. The van der Waals surface area contributed by atoms with Crippen molar-refractivity contribution in [3.05, 3.63) is 66.4 Å². The van der Waals surface area contributed by atoms with Crippen molar-refractivity contribution in [2.45, 2.75) is 6.92 Å². The van der Waals surface area contributed by atoms with E-state index in [2.05, 4.69) is 15.1 Å². The number of halogens is 1. The molecule has 0 aliphatic heterocycles. The van der Waals surface area contributed by atoms with Crippen molar-refractivity contribution in [1.29, 1.82) is 0 Å². The Hall–Kier alpha value is -3.28. The van der Waals surface area contributed by atoms with Crippen LogP contribution in [0.1, 0.15) is 5.56 Å². The van der Waals surface area contributed by atoms with Crippen LogP contribution in [-0.2, 0) is 0 Å². The maximum Gasteiger partial charge on any atom is 0.181 e. The Morgan fingerprint density at radius 2 is 2.00 bits per heavy atom. The highest BCUT2D eigenvalue weighted by molar-refractivity contribution is 5.80. The average molecular weight is 319 g/mol. The summed E-state index contributed by atoms with van der Waals surface area (Å²) in [6.07, 6.45) is 5.21. The van der Waals surface area contributed by atoms with Gasteiger partial charge in [-0.2, -0.15) is 0 Å². The number of hydrogen-bond donors (Lipinski definition) is 1. The summed E-state index contributed by atoms with van der Waals surface area (Å²) in [5.74, 6) is -0.391. The fourth-order valence-corrected chi connectivity index (χ4v) is 2.66. The van der Waals surface area contributed by atoms with Crippen molar-refractivity contribution in [2.75, 3.05) is 5.73 Å². The fraction of sp³-hybridized carbons (Fsp3) is 0.0556. The third kappa shape index (κ3) is 2.38. The second kappa shape index (κ2) is 5.42. The number of nitrogens with zero attached hydrogens (tertiary/aromatic N) is 4. The van der Waals surface area contributed by atoms with Crippen LogP contribution in [0.15, 0.2) is 55.0 Å². The van der Waals surface area contributed by atoms with Gasteiger partial charge in [0.2, 0.25) is 0 Å². The highest BCUT2D eigenvalue weighted by atomic mass is 19.1. The van der Waals surface area contributed by atoms with Gasteiger partial charge in [0, 0.05) is 35.2 Å². The number of anilines is 1. The van der Waals surface area contributed by atoms with E-state index in [-0.39, 0.29) is 0 Å². The lowest BCUT2D eigenvalue weighted by atomic mass is 10.1. The summed E-state index contributed by atoms with van der Waals surface area (Å²) < 4.78 is 15.5. The van der Waals surface area contributed by atoms with E-state index in [1.807, 2.05) is 25.1 Å². The number of benzene rings is 1. The second-order valence-corrected chi connectivity index (χ2v) is 5.59. The van der Waals surface area contributed by atoms with E-state index in [4.69, 9.17) is 5.73 Å². The molecule has 24 heavy (non-hydrogen) atoms. The molecule has 118 valence electrons. The Balaban J connectivity index is 1.85. The van der Waals surface area contributed by atoms with Crippen LogP contribution in [0.4, 0.5) is 10.1 Å². The van der Waals surface area contributed by atoms with Crippen molar-refractivity contribution < 1.29 is 4.39 Å². The van der Waals surface area contributed by atoms with Crippen LogP contribution >= 0.6 is 0 Å². The van der Waals surface area contributed by atoms with Crippen LogP contribution < -0.4 is 5.73 Å². The van der Waals surface area contributed by atoms with Crippen LogP contribution in [-0.4, -0.2) is 19.7 Å². The highest BCUT2D eigenvalue weighted by Crippen LogP contribution is 2.24. The molecule has 5 nitrogen and oxygen atoms in total. The minimum atomic E-state index is -0.391. The van der Waals surface area contributed by atoms with E-state index in [1.54, 1.807) is 24.7 Å². The summed E-state index contributed by atoms with van der Waals surface area (Å²) in [6.45, 7) is 2.00. The van der Waals surface area contributed by atoms with E-state index in [1.165, 1.54) is 16.8 Å². The van der Waals surface area contributed by atoms with E-state index in [0.29, 0.717) is 17.0 Å². The number of rotatable bonds is 2. The third-order valence-electron chi connectivity index (χ3n) is 3.86. The topological polar surface area (TPSA) is 69.6 Å². The summed E-state index contributed by atoms with van der Waals surface area (Å²) in [5.41, 5.74) is 9.88. The van der Waals surface area contributed by atoms with Gasteiger partial charge in [0.15, 0.2) is 5.65 Å². The van der Waals surface area contributed by atoms with Crippen molar-refractivity contribution in [3.8, 4) is 16.9 Å². The molecule has 0 fully saturated rings. The molecular formula is C18H14FN5. The SMILES string of the molecule is Cc1cccnc1-c1cnc2nn(-c3cc(N)ccc3F)cc2c1. The predicted octanol–water partition coefficient (Wildman–Crippen LogP) is 3.51. The first-order valence-corrected chi connectivity index (χ1v) is 7.44. The number of nitrogens with two attached hydrogens (primary N) is 1. The first-order chi connectivity index (χ1) is 11.6. The average Bonchev–Trinajstić information content (AvgIpc) is 3.00. The largest absolute Gasteiger partial charge is 0.399 e. The van der Waals surface area contributed by atoms with Gasteiger partial charge in [-0.25, -0.2) is 14.1 Å². The molecule has 0 radical (unpaired) electrons. The number of pyridine rings is 2. The summed E-state index contributed by atoms with van der Waals surface area (Å²) in [7, 11) is 0. The van der Waals surface area contributed by atoms with Crippen LogP contribution in [0.3, 0.4) is 0 Å². The molecule has 0 amide bonds. The van der Waals surface area contributed by atoms with Crippen LogP contribution in [0.5, 0.6) is 0 Å². The Morgan fingerprint density at radius 1 is 1.12 bits per heavy atom. The maximum absolute atomic E-state index is 14.0. The van der Waals surface area contributed by atoms with E-state index in [9.17, 15) is 4.39 Å². The summed E-state index contributed by atoms with van der Waals surface area (Å²) >= 11 is 0. The van der Waals surface area contributed by atoms with Gasteiger partial charge in [-0.15, -0.1) is 5.10 Å². The number of fused-ring (bicyclic) bond motifs is 1. The first kappa shape index (κ1) is 14.3. The number of hydrogen-bond acceptors (Lipinski definition) is 4. The lowest BCUT2D eigenvalue weighted by molar-refractivity contribution is 0.612. The standard InChI is InChI=1S/C18H14FN5/c1-11-3-2-6-21-17(11)12-7-13-10-24(23-18(13)22-9-12)16-8-14(20)4-5-15(16)19/h2-10H,20H2,1H3. The summed E-state index contributed by atoms with van der Waals surface area (Å²) in [5, 5.41) is 5.14. The van der Waals surface area contributed by atoms with Gasteiger partial charge in [0.25, 0.3) is 0 Å². The molecule has 0 bridgehead atoms. The molecule has 0 aliphatic carbocycles. The lowest BCUT2D eigenvalue weighted by Gasteiger charge is -2.03. The van der Waals surface area contributed by atoms with Crippen molar-refractivity contribution in [1.82, 2.24) is 19.7 Å². The molecule has 6 heteroatoms. The zero-order valence-electron chi connectivity index (χ0n) is 12.9. The molecule has 0 spiro atoms. The number of nitrogen functional groups attached to an aromatic ring is 1. The second-order valence-electron chi connectivity index (χ2n) is 5.59. The van der Waals surface area contributed by atoms with Gasteiger partial charge in [0.05, 0.1) is 5.69 Å². The third-order valence-corrected chi connectivity index (χ3v) is 3.86. The van der Waals surface area contributed by atoms with Gasteiger partial charge >= 0.3 is 0 Å². The minimum absolute atomic E-state index is 0.295. The van der Waals surface area contributed by atoms with E-state index >= 15 is 0 Å². The summed E-state index contributed by atoms with van der Waals surface area (Å²) in [4.78, 5) is 8.77. The van der Waals surface area contributed by atoms with E-state index in [0.717, 1.165) is 22.2 Å². The van der Waals surface area contributed by atoms with Crippen molar-refractivity contribution >= 4 is 16.7 Å². The van der Waals surface area contributed by atoms with Gasteiger partial charge < -0.3 is 5.73 Å². The Kier molecular flexibility index (Phi) is 3.23. The lowest BCUT2D eigenvalue weighted by Crippen LogP contribution is -1.99. The predicted molar refractivity (Wildman–Crippen MR) is 91.2 cm³/mol. The maximum atomic E-state index is 14.0.